The van der Waals surface area contributed by atoms with E-state index in [0.29, 0.717) is 5.56 Å². The molecule has 0 saturated carbocycles. The number of rotatable bonds is 4. The van der Waals surface area contributed by atoms with Gasteiger partial charge in [-0.3, -0.25) is 4.79 Å². The number of benzene rings is 1. The van der Waals surface area contributed by atoms with Crippen LogP contribution in [-0.4, -0.2) is 26.2 Å². The first-order chi connectivity index (χ1) is 10.2. The minimum Gasteiger partial charge on any atom is -0.347 e. The SMILES string of the molecule is CC(C)(C)CC(C)(C)NC(=O)c1ccc(-n2cncn2)cc1. The van der Waals surface area contributed by atoms with Crippen molar-refractivity contribution in [1.29, 1.82) is 0 Å². The molecule has 0 aliphatic rings. The van der Waals surface area contributed by atoms with E-state index in [4.69, 9.17) is 0 Å². The lowest BCUT2D eigenvalue weighted by molar-refractivity contribution is 0.0891. The third-order valence-corrected chi connectivity index (χ3v) is 3.24. The summed E-state index contributed by atoms with van der Waals surface area (Å²) < 4.78 is 1.66. The lowest BCUT2D eigenvalue weighted by Gasteiger charge is -2.33. The second-order valence-electron chi connectivity index (χ2n) is 7.46. The number of aromatic nitrogens is 3. The summed E-state index contributed by atoms with van der Waals surface area (Å²) in [5.41, 5.74) is 1.43. The van der Waals surface area contributed by atoms with E-state index in [2.05, 4.69) is 50.0 Å². The molecule has 1 aromatic carbocycles. The van der Waals surface area contributed by atoms with Gasteiger partial charge >= 0.3 is 0 Å². The van der Waals surface area contributed by atoms with Gasteiger partial charge in [0.1, 0.15) is 12.7 Å². The Morgan fingerprint density at radius 1 is 1.14 bits per heavy atom. The zero-order chi connectivity index (χ0) is 16.4. The first-order valence-corrected chi connectivity index (χ1v) is 7.44. The van der Waals surface area contributed by atoms with Crippen LogP contribution in [0.4, 0.5) is 0 Å². The number of carbonyl (C=O) groups excluding carboxylic acids is 1. The van der Waals surface area contributed by atoms with Crippen LogP contribution in [0, 0.1) is 5.41 Å². The average Bonchev–Trinajstić information content (AvgIpc) is 2.89. The van der Waals surface area contributed by atoms with E-state index in [0.717, 1.165) is 12.1 Å². The van der Waals surface area contributed by atoms with Gasteiger partial charge in [0, 0.05) is 11.1 Å². The van der Waals surface area contributed by atoms with E-state index in [1.54, 1.807) is 23.1 Å². The Morgan fingerprint density at radius 3 is 2.27 bits per heavy atom. The molecule has 2 aromatic rings. The largest absolute Gasteiger partial charge is 0.347 e. The van der Waals surface area contributed by atoms with Crippen molar-refractivity contribution in [2.45, 2.75) is 46.6 Å². The molecule has 5 heteroatoms. The third-order valence-electron chi connectivity index (χ3n) is 3.24. The molecule has 0 saturated heterocycles. The number of hydrogen-bond donors (Lipinski definition) is 1. The summed E-state index contributed by atoms with van der Waals surface area (Å²) in [6.45, 7) is 10.6. The topological polar surface area (TPSA) is 59.8 Å². The van der Waals surface area contributed by atoms with Gasteiger partial charge in [0.05, 0.1) is 5.69 Å². The molecule has 0 aliphatic carbocycles. The van der Waals surface area contributed by atoms with E-state index in [1.165, 1.54) is 6.33 Å². The van der Waals surface area contributed by atoms with Crippen LogP contribution in [0.3, 0.4) is 0 Å². The Balaban J connectivity index is 2.07. The summed E-state index contributed by atoms with van der Waals surface area (Å²) in [6.07, 6.45) is 4.01. The molecule has 5 nitrogen and oxygen atoms in total. The fourth-order valence-electron chi connectivity index (χ4n) is 2.86. The molecule has 0 unspecified atom stereocenters. The highest BCUT2D eigenvalue weighted by Crippen LogP contribution is 2.27. The molecule has 1 heterocycles. The van der Waals surface area contributed by atoms with Crippen LogP contribution in [0.2, 0.25) is 0 Å². The van der Waals surface area contributed by atoms with Gasteiger partial charge < -0.3 is 5.32 Å². The van der Waals surface area contributed by atoms with Crippen LogP contribution in [0.1, 0.15) is 51.4 Å². The molecule has 0 atom stereocenters. The van der Waals surface area contributed by atoms with Crippen molar-refractivity contribution in [3.05, 3.63) is 42.5 Å². The Kier molecular flexibility index (Phi) is 4.35. The minimum atomic E-state index is -0.250. The van der Waals surface area contributed by atoms with E-state index in [9.17, 15) is 4.79 Å². The lowest BCUT2D eigenvalue weighted by atomic mass is 9.81. The van der Waals surface area contributed by atoms with Crippen molar-refractivity contribution < 1.29 is 4.79 Å². The van der Waals surface area contributed by atoms with Gasteiger partial charge in [-0.05, 0) is 49.9 Å². The molecular formula is C17H24N4O. The molecule has 0 radical (unpaired) electrons. The molecular weight excluding hydrogens is 276 g/mol. The Labute approximate surface area is 131 Å². The molecule has 1 amide bonds. The summed E-state index contributed by atoms with van der Waals surface area (Å²) in [4.78, 5) is 16.3. The second-order valence-corrected chi connectivity index (χ2v) is 7.46. The summed E-state index contributed by atoms with van der Waals surface area (Å²) in [6, 6.07) is 7.33. The predicted molar refractivity (Wildman–Crippen MR) is 87.0 cm³/mol. The Morgan fingerprint density at radius 2 is 1.77 bits per heavy atom. The highest BCUT2D eigenvalue weighted by atomic mass is 16.1. The lowest BCUT2D eigenvalue weighted by Crippen LogP contribution is -2.45. The summed E-state index contributed by atoms with van der Waals surface area (Å²) in [5, 5.41) is 7.18. The van der Waals surface area contributed by atoms with Gasteiger partial charge in [-0.1, -0.05) is 20.8 Å². The van der Waals surface area contributed by atoms with Crippen molar-refractivity contribution in [3.8, 4) is 5.69 Å². The smallest absolute Gasteiger partial charge is 0.251 e. The van der Waals surface area contributed by atoms with Crippen molar-refractivity contribution in [1.82, 2.24) is 20.1 Å². The maximum atomic E-state index is 12.4. The first kappa shape index (κ1) is 16.2. The van der Waals surface area contributed by atoms with Crippen LogP contribution in [-0.2, 0) is 0 Å². The van der Waals surface area contributed by atoms with Gasteiger partial charge in [0.2, 0.25) is 0 Å². The molecule has 118 valence electrons. The fourth-order valence-corrected chi connectivity index (χ4v) is 2.86. The van der Waals surface area contributed by atoms with Crippen molar-refractivity contribution >= 4 is 5.91 Å². The maximum absolute atomic E-state index is 12.4. The van der Waals surface area contributed by atoms with E-state index < -0.39 is 0 Å². The van der Waals surface area contributed by atoms with Gasteiger partial charge in [-0.2, -0.15) is 5.10 Å². The van der Waals surface area contributed by atoms with E-state index in [1.807, 2.05) is 12.1 Å². The van der Waals surface area contributed by atoms with E-state index in [-0.39, 0.29) is 16.9 Å². The molecule has 0 bridgehead atoms. The second kappa shape index (κ2) is 5.91. The van der Waals surface area contributed by atoms with Crippen molar-refractivity contribution in [2.75, 3.05) is 0 Å². The minimum absolute atomic E-state index is 0.0561. The van der Waals surface area contributed by atoms with Crippen molar-refractivity contribution in [3.63, 3.8) is 0 Å². The average molecular weight is 300 g/mol. The molecule has 2 rings (SSSR count). The Hall–Kier alpha value is -2.17. The molecule has 22 heavy (non-hydrogen) atoms. The zero-order valence-electron chi connectivity index (χ0n) is 13.9. The van der Waals surface area contributed by atoms with Gasteiger partial charge in [0.25, 0.3) is 5.91 Å². The fraction of sp³-hybridized carbons (Fsp3) is 0.471. The molecule has 0 fully saturated rings. The molecule has 1 N–H and O–H groups in total. The standard InChI is InChI=1S/C17H24N4O/c1-16(2,3)10-17(4,5)20-15(22)13-6-8-14(9-7-13)21-12-18-11-19-21/h6-9,11-12H,10H2,1-5H3,(H,20,22). The van der Waals surface area contributed by atoms with E-state index >= 15 is 0 Å². The highest BCUT2D eigenvalue weighted by molar-refractivity contribution is 5.94. The quantitative estimate of drug-likeness (QED) is 0.943. The van der Waals surface area contributed by atoms with Gasteiger partial charge in [-0.25, -0.2) is 9.67 Å². The third kappa shape index (κ3) is 4.41. The highest BCUT2D eigenvalue weighted by Gasteiger charge is 2.27. The number of amides is 1. The number of carbonyl (C=O) groups is 1. The van der Waals surface area contributed by atoms with Crippen LogP contribution >= 0.6 is 0 Å². The molecule has 1 aromatic heterocycles. The number of nitrogens with one attached hydrogen (secondary N) is 1. The van der Waals surface area contributed by atoms with Crippen molar-refractivity contribution in [2.24, 2.45) is 5.41 Å². The monoisotopic (exact) mass is 300 g/mol. The zero-order valence-corrected chi connectivity index (χ0v) is 13.9. The molecule has 0 spiro atoms. The number of nitrogens with zero attached hydrogens (tertiary/aromatic N) is 3. The Bertz CT molecular complexity index is 622. The summed E-state index contributed by atoms with van der Waals surface area (Å²) in [5.74, 6) is -0.0561. The normalized spacial score (nSPS) is 12.2. The molecule has 0 aliphatic heterocycles. The van der Waals surface area contributed by atoms with Crippen LogP contribution in [0.25, 0.3) is 5.69 Å². The summed E-state index contributed by atoms with van der Waals surface area (Å²) in [7, 11) is 0. The van der Waals surface area contributed by atoms with Crippen LogP contribution in [0.5, 0.6) is 0 Å². The number of hydrogen-bond acceptors (Lipinski definition) is 3. The maximum Gasteiger partial charge on any atom is 0.251 e. The van der Waals surface area contributed by atoms with Gasteiger partial charge in [0.15, 0.2) is 0 Å². The predicted octanol–water partition coefficient (Wildman–Crippen LogP) is 3.21. The first-order valence-electron chi connectivity index (χ1n) is 7.44. The summed E-state index contributed by atoms with van der Waals surface area (Å²) >= 11 is 0. The van der Waals surface area contributed by atoms with Crippen LogP contribution < -0.4 is 5.32 Å². The van der Waals surface area contributed by atoms with Gasteiger partial charge in [-0.15, -0.1) is 0 Å². The van der Waals surface area contributed by atoms with Crippen LogP contribution in [0.15, 0.2) is 36.9 Å².